The number of aromatic nitrogens is 2. The molecule has 0 aliphatic rings. The predicted molar refractivity (Wildman–Crippen MR) is 53.3 cm³/mol. The van der Waals surface area contributed by atoms with Gasteiger partial charge in [-0.25, -0.2) is 9.97 Å². The summed E-state index contributed by atoms with van der Waals surface area (Å²) in [7, 11) is 0. The highest BCUT2D eigenvalue weighted by molar-refractivity contribution is 5.16. The minimum absolute atomic E-state index is 0.404. The van der Waals surface area contributed by atoms with E-state index in [-0.39, 0.29) is 0 Å². The summed E-state index contributed by atoms with van der Waals surface area (Å²) in [5.74, 6) is 0.734. The van der Waals surface area contributed by atoms with Crippen molar-refractivity contribution in [3.8, 4) is 0 Å². The maximum atomic E-state index is 6.03. The first-order valence-electron chi connectivity index (χ1n) is 4.57. The lowest BCUT2D eigenvalue weighted by Crippen LogP contribution is -2.34. The van der Waals surface area contributed by atoms with Crippen LogP contribution in [0.4, 0.5) is 0 Å². The van der Waals surface area contributed by atoms with Gasteiger partial charge in [0.15, 0.2) is 0 Å². The maximum Gasteiger partial charge on any atom is 0.148 e. The smallest absolute Gasteiger partial charge is 0.148 e. The molecule has 0 saturated heterocycles. The van der Waals surface area contributed by atoms with E-state index in [2.05, 4.69) is 9.97 Å². The molecule has 72 valence electrons. The zero-order valence-corrected chi connectivity index (χ0v) is 8.76. The van der Waals surface area contributed by atoms with Crippen LogP contribution in [0, 0.1) is 13.8 Å². The molecule has 0 amide bonds. The molecule has 0 aliphatic carbocycles. The van der Waals surface area contributed by atoms with Crippen LogP contribution in [0.5, 0.6) is 0 Å². The van der Waals surface area contributed by atoms with E-state index in [4.69, 9.17) is 5.73 Å². The molecule has 1 aromatic heterocycles. The van der Waals surface area contributed by atoms with Gasteiger partial charge in [-0.05, 0) is 32.8 Å². The zero-order chi connectivity index (χ0) is 10.1. The van der Waals surface area contributed by atoms with Crippen LogP contribution in [0.3, 0.4) is 0 Å². The van der Waals surface area contributed by atoms with Crippen LogP contribution >= 0.6 is 0 Å². The van der Waals surface area contributed by atoms with Crippen LogP contribution in [0.1, 0.15) is 37.4 Å². The summed E-state index contributed by atoms with van der Waals surface area (Å²) in [6.07, 6.45) is 2.67. The molecular formula is C10H17N3. The molecule has 0 aromatic carbocycles. The van der Waals surface area contributed by atoms with Gasteiger partial charge >= 0.3 is 0 Å². The lowest BCUT2D eigenvalue weighted by molar-refractivity contribution is 0.443. The molecule has 13 heavy (non-hydrogen) atoms. The largest absolute Gasteiger partial charge is 0.319 e. The lowest BCUT2D eigenvalue weighted by atomic mass is 9.99. The Labute approximate surface area is 79.4 Å². The second kappa shape index (κ2) is 3.42. The van der Waals surface area contributed by atoms with E-state index in [0.29, 0.717) is 0 Å². The van der Waals surface area contributed by atoms with Gasteiger partial charge in [0, 0.05) is 11.9 Å². The van der Waals surface area contributed by atoms with E-state index in [0.717, 1.165) is 23.5 Å². The Balaban J connectivity index is 3.10. The van der Waals surface area contributed by atoms with Crippen LogP contribution in [-0.2, 0) is 5.54 Å². The summed E-state index contributed by atoms with van der Waals surface area (Å²) in [6, 6.07) is 0. The molecular weight excluding hydrogens is 162 g/mol. The van der Waals surface area contributed by atoms with E-state index in [9.17, 15) is 0 Å². The molecule has 1 heterocycles. The molecule has 0 radical (unpaired) electrons. The van der Waals surface area contributed by atoms with E-state index >= 15 is 0 Å². The maximum absolute atomic E-state index is 6.03. The number of hydrogen-bond acceptors (Lipinski definition) is 3. The van der Waals surface area contributed by atoms with Crippen molar-refractivity contribution >= 4 is 0 Å². The molecule has 1 atom stereocenters. The molecule has 0 aliphatic heterocycles. The predicted octanol–water partition coefficient (Wildman–Crippen LogP) is 1.68. The number of nitrogens with zero attached hydrogens (tertiary/aromatic N) is 2. The first-order chi connectivity index (χ1) is 5.97. The third kappa shape index (κ3) is 2.04. The van der Waals surface area contributed by atoms with E-state index in [1.807, 2.05) is 33.9 Å². The van der Waals surface area contributed by atoms with Crippen molar-refractivity contribution in [2.75, 3.05) is 0 Å². The molecule has 3 nitrogen and oxygen atoms in total. The summed E-state index contributed by atoms with van der Waals surface area (Å²) in [4.78, 5) is 8.62. The van der Waals surface area contributed by atoms with Crippen molar-refractivity contribution in [3.63, 3.8) is 0 Å². The summed E-state index contributed by atoms with van der Waals surface area (Å²) in [5.41, 5.74) is 7.74. The average molecular weight is 179 g/mol. The number of aryl methyl sites for hydroxylation is 2. The van der Waals surface area contributed by atoms with Crippen LogP contribution in [0.15, 0.2) is 6.20 Å². The van der Waals surface area contributed by atoms with Gasteiger partial charge in [-0.1, -0.05) is 6.92 Å². The van der Waals surface area contributed by atoms with Crippen molar-refractivity contribution < 1.29 is 0 Å². The highest BCUT2D eigenvalue weighted by atomic mass is 15.0. The molecule has 0 spiro atoms. The fourth-order valence-corrected chi connectivity index (χ4v) is 0.961. The van der Waals surface area contributed by atoms with Crippen molar-refractivity contribution in [3.05, 3.63) is 23.3 Å². The van der Waals surface area contributed by atoms with Gasteiger partial charge in [0.1, 0.15) is 5.82 Å². The summed E-state index contributed by atoms with van der Waals surface area (Å²) < 4.78 is 0. The van der Waals surface area contributed by atoms with E-state index < -0.39 is 5.54 Å². The van der Waals surface area contributed by atoms with E-state index in [1.54, 1.807) is 0 Å². The van der Waals surface area contributed by atoms with Gasteiger partial charge < -0.3 is 5.73 Å². The zero-order valence-electron chi connectivity index (χ0n) is 8.76. The van der Waals surface area contributed by atoms with Crippen LogP contribution in [-0.4, -0.2) is 9.97 Å². The first-order valence-corrected chi connectivity index (χ1v) is 4.57. The quantitative estimate of drug-likeness (QED) is 0.751. The standard InChI is InChI=1S/C10H17N3/c1-5-10(4,11)9-12-6-7(2)8(3)13-9/h6H,5,11H2,1-4H3. The number of rotatable bonds is 2. The van der Waals surface area contributed by atoms with Gasteiger partial charge in [0.25, 0.3) is 0 Å². The highest BCUT2D eigenvalue weighted by Gasteiger charge is 2.22. The summed E-state index contributed by atoms with van der Waals surface area (Å²) in [5, 5.41) is 0. The highest BCUT2D eigenvalue weighted by Crippen LogP contribution is 2.17. The second-order valence-electron chi connectivity index (χ2n) is 3.73. The Morgan fingerprint density at radius 1 is 1.46 bits per heavy atom. The molecule has 1 aromatic rings. The molecule has 0 bridgehead atoms. The fourth-order valence-electron chi connectivity index (χ4n) is 0.961. The second-order valence-corrected chi connectivity index (χ2v) is 3.73. The Kier molecular flexibility index (Phi) is 2.66. The lowest BCUT2D eigenvalue weighted by Gasteiger charge is -2.21. The van der Waals surface area contributed by atoms with Crippen LogP contribution in [0.25, 0.3) is 0 Å². The third-order valence-electron chi connectivity index (χ3n) is 2.47. The minimum Gasteiger partial charge on any atom is -0.319 e. The SMILES string of the molecule is CCC(C)(N)c1ncc(C)c(C)n1. The van der Waals surface area contributed by atoms with Gasteiger partial charge in [0.05, 0.1) is 5.54 Å². The molecule has 3 heteroatoms. The van der Waals surface area contributed by atoms with Crippen molar-refractivity contribution in [2.45, 2.75) is 39.7 Å². The van der Waals surface area contributed by atoms with Gasteiger partial charge in [-0.15, -0.1) is 0 Å². The van der Waals surface area contributed by atoms with Crippen molar-refractivity contribution in [1.82, 2.24) is 9.97 Å². The summed E-state index contributed by atoms with van der Waals surface area (Å²) in [6.45, 7) is 7.97. The van der Waals surface area contributed by atoms with E-state index in [1.165, 1.54) is 0 Å². The number of nitrogens with two attached hydrogens (primary N) is 1. The number of hydrogen-bond donors (Lipinski definition) is 1. The monoisotopic (exact) mass is 179 g/mol. The first kappa shape index (κ1) is 10.1. The minimum atomic E-state index is -0.404. The van der Waals surface area contributed by atoms with Gasteiger partial charge in [0.2, 0.25) is 0 Å². The van der Waals surface area contributed by atoms with Crippen LogP contribution < -0.4 is 5.73 Å². The van der Waals surface area contributed by atoms with Crippen molar-refractivity contribution in [2.24, 2.45) is 5.73 Å². The topological polar surface area (TPSA) is 51.8 Å². The molecule has 0 fully saturated rings. The molecule has 2 N–H and O–H groups in total. The third-order valence-corrected chi connectivity index (χ3v) is 2.47. The summed E-state index contributed by atoms with van der Waals surface area (Å²) >= 11 is 0. The Morgan fingerprint density at radius 2 is 2.08 bits per heavy atom. The Bertz CT molecular complexity index is 305. The Hall–Kier alpha value is -0.960. The average Bonchev–Trinajstić information content (AvgIpc) is 2.09. The molecule has 1 unspecified atom stereocenters. The van der Waals surface area contributed by atoms with Crippen LogP contribution in [0.2, 0.25) is 0 Å². The van der Waals surface area contributed by atoms with Gasteiger partial charge in [-0.2, -0.15) is 0 Å². The normalized spacial score (nSPS) is 15.5. The molecule has 0 saturated carbocycles. The van der Waals surface area contributed by atoms with Gasteiger partial charge in [-0.3, -0.25) is 0 Å². The Morgan fingerprint density at radius 3 is 2.54 bits per heavy atom. The fraction of sp³-hybridized carbons (Fsp3) is 0.600. The van der Waals surface area contributed by atoms with Crippen molar-refractivity contribution in [1.29, 1.82) is 0 Å². The molecule has 1 rings (SSSR count).